The van der Waals surface area contributed by atoms with Gasteiger partial charge in [0.2, 0.25) is 11.8 Å². The lowest BCUT2D eigenvalue weighted by Crippen LogP contribution is -2.62. The number of nitrogens with one attached hydrogen (secondary N) is 2. The first-order chi connectivity index (χ1) is 12.5. The summed E-state index contributed by atoms with van der Waals surface area (Å²) in [7, 11) is 0. The van der Waals surface area contributed by atoms with E-state index in [9.17, 15) is 18.8 Å². The van der Waals surface area contributed by atoms with E-state index in [1.165, 1.54) is 12.1 Å². The normalized spacial score (nSPS) is 25.4. The van der Waals surface area contributed by atoms with Crippen LogP contribution in [0.2, 0.25) is 0 Å². The SMILES string of the molecule is O=C1CC(N2CCN(C(=O)C3(c4ccc(F)cc4)CC3)CC2)NC(=O)N1. The molecule has 1 aromatic rings. The van der Waals surface area contributed by atoms with Crippen molar-refractivity contribution in [2.45, 2.75) is 30.8 Å². The number of halogens is 1. The first-order valence-electron chi connectivity index (χ1n) is 8.88. The molecule has 7 nitrogen and oxygen atoms in total. The highest BCUT2D eigenvalue weighted by Gasteiger charge is 2.53. The average Bonchev–Trinajstić information content (AvgIpc) is 3.43. The van der Waals surface area contributed by atoms with Gasteiger partial charge in [0.1, 0.15) is 5.82 Å². The lowest BCUT2D eigenvalue weighted by Gasteiger charge is -2.41. The Balaban J connectivity index is 1.39. The zero-order chi connectivity index (χ0) is 18.3. The zero-order valence-corrected chi connectivity index (χ0v) is 14.3. The van der Waals surface area contributed by atoms with Gasteiger partial charge in [0.15, 0.2) is 0 Å². The van der Waals surface area contributed by atoms with Crippen molar-refractivity contribution in [3.63, 3.8) is 0 Å². The van der Waals surface area contributed by atoms with Crippen LogP contribution in [0.1, 0.15) is 24.8 Å². The summed E-state index contributed by atoms with van der Waals surface area (Å²) in [5.74, 6) is -0.496. The Labute approximate surface area is 150 Å². The molecule has 1 aromatic carbocycles. The van der Waals surface area contributed by atoms with E-state index in [1.807, 2.05) is 9.80 Å². The Hall–Kier alpha value is -2.48. The molecule has 1 saturated carbocycles. The summed E-state index contributed by atoms with van der Waals surface area (Å²) >= 11 is 0. The van der Waals surface area contributed by atoms with E-state index in [-0.39, 0.29) is 30.2 Å². The van der Waals surface area contributed by atoms with Crippen molar-refractivity contribution in [1.82, 2.24) is 20.4 Å². The van der Waals surface area contributed by atoms with Crippen molar-refractivity contribution < 1.29 is 18.8 Å². The molecule has 0 spiro atoms. The van der Waals surface area contributed by atoms with Gasteiger partial charge in [-0.1, -0.05) is 12.1 Å². The third kappa shape index (κ3) is 3.05. The molecule has 0 bridgehead atoms. The van der Waals surface area contributed by atoms with E-state index >= 15 is 0 Å². The van der Waals surface area contributed by atoms with Crippen LogP contribution in [0.4, 0.5) is 9.18 Å². The number of urea groups is 1. The maximum atomic E-state index is 13.2. The average molecular weight is 360 g/mol. The first kappa shape index (κ1) is 17.0. The van der Waals surface area contributed by atoms with Gasteiger partial charge in [0.25, 0.3) is 0 Å². The number of piperazine rings is 1. The Morgan fingerprint density at radius 1 is 1.08 bits per heavy atom. The van der Waals surface area contributed by atoms with Gasteiger partial charge in [-0.15, -0.1) is 0 Å². The number of carbonyl (C=O) groups excluding carboxylic acids is 3. The maximum Gasteiger partial charge on any atom is 0.322 e. The number of amides is 4. The van der Waals surface area contributed by atoms with Gasteiger partial charge in [0.05, 0.1) is 18.0 Å². The largest absolute Gasteiger partial charge is 0.339 e. The fourth-order valence-corrected chi connectivity index (χ4v) is 3.87. The quantitative estimate of drug-likeness (QED) is 0.825. The molecular formula is C18H21FN4O3. The molecule has 3 fully saturated rings. The van der Waals surface area contributed by atoms with E-state index in [0.29, 0.717) is 26.2 Å². The van der Waals surface area contributed by atoms with E-state index in [4.69, 9.17) is 0 Å². The molecule has 26 heavy (non-hydrogen) atoms. The third-order valence-corrected chi connectivity index (χ3v) is 5.53. The highest BCUT2D eigenvalue weighted by atomic mass is 19.1. The molecule has 2 saturated heterocycles. The predicted molar refractivity (Wildman–Crippen MR) is 90.5 cm³/mol. The molecular weight excluding hydrogens is 339 g/mol. The van der Waals surface area contributed by atoms with Gasteiger partial charge in [-0.2, -0.15) is 0 Å². The summed E-state index contributed by atoms with van der Waals surface area (Å²) in [6, 6.07) is 5.73. The Morgan fingerprint density at radius 2 is 1.73 bits per heavy atom. The smallest absolute Gasteiger partial charge is 0.322 e. The second kappa shape index (κ2) is 6.35. The number of nitrogens with zero attached hydrogens (tertiary/aromatic N) is 2. The minimum atomic E-state index is -0.505. The van der Waals surface area contributed by atoms with Crippen LogP contribution >= 0.6 is 0 Å². The van der Waals surface area contributed by atoms with Gasteiger partial charge >= 0.3 is 6.03 Å². The van der Waals surface area contributed by atoms with E-state index in [2.05, 4.69) is 10.6 Å². The highest BCUT2D eigenvalue weighted by molar-refractivity contribution is 5.97. The topological polar surface area (TPSA) is 81.8 Å². The Bertz CT molecular complexity index is 723. The first-order valence-corrected chi connectivity index (χ1v) is 8.88. The van der Waals surface area contributed by atoms with Gasteiger partial charge < -0.3 is 10.2 Å². The minimum Gasteiger partial charge on any atom is -0.339 e. The molecule has 8 heteroatoms. The second-order valence-corrected chi connectivity index (χ2v) is 7.16. The van der Waals surface area contributed by atoms with Gasteiger partial charge in [0, 0.05) is 26.2 Å². The lowest BCUT2D eigenvalue weighted by molar-refractivity contribution is -0.136. The fourth-order valence-electron chi connectivity index (χ4n) is 3.87. The standard InChI is InChI=1S/C18H21FN4O3/c19-13-3-1-12(2-4-13)18(5-6-18)16(25)23-9-7-22(8-10-23)14-11-15(24)21-17(26)20-14/h1-4,14H,5-11H2,(H2,20,21,24,26). The summed E-state index contributed by atoms with van der Waals surface area (Å²) in [6.45, 7) is 2.30. The fraction of sp³-hybridized carbons (Fsp3) is 0.500. The number of benzene rings is 1. The zero-order valence-electron chi connectivity index (χ0n) is 14.3. The molecule has 4 rings (SSSR count). The van der Waals surface area contributed by atoms with Crippen LogP contribution in [0.5, 0.6) is 0 Å². The molecule has 2 heterocycles. The number of hydrogen-bond acceptors (Lipinski definition) is 4. The van der Waals surface area contributed by atoms with Crippen LogP contribution in [0.3, 0.4) is 0 Å². The van der Waals surface area contributed by atoms with Crippen LogP contribution in [-0.2, 0) is 15.0 Å². The highest BCUT2D eigenvalue weighted by Crippen LogP contribution is 2.49. The lowest BCUT2D eigenvalue weighted by atomic mass is 9.94. The molecule has 3 aliphatic rings. The van der Waals surface area contributed by atoms with Gasteiger partial charge in [-0.05, 0) is 30.5 Å². The number of imide groups is 1. The Kier molecular flexibility index (Phi) is 4.14. The van der Waals surface area contributed by atoms with Crippen LogP contribution in [0.15, 0.2) is 24.3 Å². The van der Waals surface area contributed by atoms with Crippen molar-refractivity contribution >= 4 is 17.8 Å². The monoisotopic (exact) mass is 360 g/mol. The molecule has 1 atom stereocenters. The number of hydrogen-bond donors (Lipinski definition) is 2. The minimum absolute atomic E-state index is 0.0918. The molecule has 4 amide bonds. The van der Waals surface area contributed by atoms with Gasteiger partial charge in [-0.3, -0.25) is 19.8 Å². The predicted octanol–water partition coefficient (Wildman–Crippen LogP) is 0.557. The molecule has 2 N–H and O–H groups in total. The third-order valence-electron chi connectivity index (χ3n) is 5.53. The Morgan fingerprint density at radius 3 is 2.31 bits per heavy atom. The van der Waals surface area contributed by atoms with Crippen molar-refractivity contribution in [3.05, 3.63) is 35.6 Å². The summed E-state index contributed by atoms with van der Waals surface area (Å²) in [4.78, 5) is 39.9. The second-order valence-electron chi connectivity index (χ2n) is 7.16. The van der Waals surface area contributed by atoms with Gasteiger partial charge in [-0.25, -0.2) is 9.18 Å². The van der Waals surface area contributed by atoms with Crippen molar-refractivity contribution in [2.75, 3.05) is 26.2 Å². The van der Waals surface area contributed by atoms with E-state index in [0.717, 1.165) is 18.4 Å². The van der Waals surface area contributed by atoms with E-state index < -0.39 is 11.4 Å². The summed E-state index contributed by atoms with van der Waals surface area (Å²) in [6.07, 6.45) is 1.48. The van der Waals surface area contributed by atoms with E-state index in [1.54, 1.807) is 12.1 Å². The summed E-state index contributed by atoms with van der Waals surface area (Å²) in [5.41, 5.74) is 0.372. The molecule has 1 aliphatic carbocycles. The van der Waals surface area contributed by atoms with Crippen LogP contribution < -0.4 is 10.6 Å². The maximum absolute atomic E-state index is 13.2. The molecule has 0 aromatic heterocycles. The van der Waals surface area contributed by atoms with Crippen LogP contribution in [0.25, 0.3) is 0 Å². The summed E-state index contributed by atoms with van der Waals surface area (Å²) < 4.78 is 13.2. The van der Waals surface area contributed by atoms with Crippen molar-refractivity contribution in [3.8, 4) is 0 Å². The molecule has 2 aliphatic heterocycles. The van der Waals surface area contributed by atoms with Crippen molar-refractivity contribution in [2.24, 2.45) is 0 Å². The number of rotatable bonds is 3. The van der Waals surface area contributed by atoms with Crippen LogP contribution in [-0.4, -0.2) is 60.0 Å². The molecule has 138 valence electrons. The number of carbonyl (C=O) groups is 3. The van der Waals surface area contributed by atoms with Crippen LogP contribution in [0, 0.1) is 5.82 Å². The molecule has 0 radical (unpaired) electrons. The molecule has 1 unspecified atom stereocenters. The van der Waals surface area contributed by atoms with Crippen molar-refractivity contribution in [1.29, 1.82) is 0 Å². The summed E-state index contributed by atoms with van der Waals surface area (Å²) in [5, 5.41) is 4.97.